The van der Waals surface area contributed by atoms with Crippen LogP contribution in [0.2, 0.25) is 0 Å². The van der Waals surface area contributed by atoms with E-state index in [4.69, 9.17) is 28.4 Å². The van der Waals surface area contributed by atoms with Gasteiger partial charge in [0, 0.05) is 12.7 Å². The predicted octanol–water partition coefficient (Wildman–Crippen LogP) is 4.72. The van der Waals surface area contributed by atoms with Crippen LogP contribution < -0.4 is 0 Å². The first kappa shape index (κ1) is 31.0. The maximum Gasteiger partial charge on any atom is 0.330 e. The Morgan fingerprint density at radius 1 is 0.531 bits per heavy atom. The van der Waals surface area contributed by atoms with E-state index in [1.807, 2.05) is 0 Å². The van der Waals surface area contributed by atoms with Crippen LogP contribution >= 0.6 is 0 Å². The fraction of sp³-hybridized carbons (Fsp3) is 0.880. The third kappa shape index (κ3) is 27.0. The van der Waals surface area contributed by atoms with Gasteiger partial charge < -0.3 is 28.4 Å². The van der Waals surface area contributed by atoms with Gasteiger partial charge in [-0.3, -0.25) is 0 Å². The van der Waals surface area contributed by atoms with E-state index in [1.165, 1.54) is 57.8 Å². The standard InChI is InChI=1S/C25H48O7/c1-3-5-6-7-8-9-10-11-12-13-14-27-15-16-28-17-18-29-19-20-30-21-22-31-23-24-32-25(26)4-2/h4H,2-3,5-24H2,1H3. The van der Waals surface area contributed by atoms with E-state index in [2.05, 4.69) is 13.5 Å². The lowest BCUT2D eigenvalue weighted by Crippen LogP contribution is -2.14. The summed E-state index contributed by atoms with van der Waals surface area (Å²) < 4.78 is 32.0. The molecule has 0 aromatic rings. The Hall–Kier alpha value is -0.990. The number of esters is 1. The molecular weight excluding hydrogens is 412 g/mol. The lowest BCUT2D eigenvalue weighted by atomic mass is 10.1. The molecule has 7 heteroatoms. The highest BCUT2D eigenvalue weighted by Crippen LogP contribution is 2.10. The highest BCUT2D eigenvalue weighted by molar-refractivity contribution is 5.81. The van der Waals surface area contributed by atoms with Gasteiger partial charge >= 0.3 is 5.97 Å². The highest BCUT2D eigenvalue weighted by atomic mass is 16.6. The van der Waals surface area contributed by atoms with E-state index in [9.17, 15) is 4.79 Å². The molecule has 0 unspecified atom stereocenters. The Morgan fingerprint density at radius 3 is 1.28 bits per heavy atom. The van der Waals surface area contributed by atoms with Crippen LogP contribution in [0.25, 0.3) is 0 Å². The number of rotatable bonds is 27. The van der Waals surface area contributed by atoms with Crippen molar-refractivity contribution in [3.63, 3.8) is 0 Å². The molecular formula is C25H48O7. The molecule has 0 radical (unpaired) electrons. The van der Waals surface area contributed by atoms with Crippen LogP contribution in [0.3, 0.4) is 0 Å². The van der Waals surface area contributed by atoms with Gasteiger partial charge in [0.25, 0.3) is 0 Å². The van der Waals surface area contributed by atoms with Gasteiger partial charge in [0.15, 0.2) is 0 Å². The van der Waals surface area contributed by atoms with Crippen LogP contribution in [0, 0.1) is 0 Å². The van der Waals surface area contributed by atoms with E-state index >= 15 is 0 Å². The lowest BCUT2D eigenvalue weighted by Gasteiger charge is -2.08. The highest BCUT2D eigenvalue weighted by Gasteiger charge is 1.96. The molecule has 7 nitrogen and oxygen atoms in total. The molecule has 190 valence electrons. The number of hydrogen-bond donors (Lipinski definition) is 0. The Bertz CT molecular complexity index is 390. The molecule has 0 aromatic heterocycles. The van der Waals surface area contributed by atoms with Crippen molar-refractivity contribution >= 4 is 5.97 Å². The van der Waals surface area contributed by atoms with Crippen molar-refractivity contribution in [2.24, 2.45) is 0 Å². The molecule has 0 aromatic carbocycles. The summed E-state index contributed by atoms with van der Waals surface area (Å²) in [7, 11) is 0. The number of hydrogen-bond acceptors (Lipinski definition) is 7. The van der Waals surface area contributed by atoms with Gasteiger partial charge in [0.05, 0.1) is 59.5 Å². The van der Waals surface area contributed by atoms with Gasteiger partial charge in [-0.15, -0.1) is 0 Å². The molecule has 0 spiro atoms. The van der Waals surface area contributed by atoms with Gasteiger partial charge in [0.1, 0.15) is 6.61 Å². The minimum atomic E-state index is -0.442. The smallest absolute Gasteiger partial charge is 0.330 e. The Balaban J connectivity index is 3.02. The Labute approximate surface area is 196 Å². The minimum absolute atomic E-state index is 0.221. The average Bonchev–Trinajstić information content (AvgIpc) is 2.81. The van der Waals surface area contributed by atoms with Crippen molar-refractivity contribution in [3.05, 3.63) is 12.7 Å². The van der Waals surface area contributed by atoms with Crippen molar-refractivity contribution in [3.8, 4) is 0 Å². The fourth-order valence-electron chi connectivity index (χ4n) is 2.93. The summed E-state index contributed by atoms with van der Waals surface area (Å²) in [5, 5.41) is 0. The van der Waals surface area contributed by atoms with Gasteiger partial charge in [-0.2, -0.15) is 0 Å². The van der Waals surface area contributed by atoms with Gasteiger partial charge in [-0.05, 0) is 6.42 Å². The average molecular weight is 461 g/mol. The zero-order valence-corrected chi connectivity index (χ0v) is 20.5. The first-order valence-electron chi connectivity index (χ1n) is 12.5. The van der Waals surface area contributed by atoms with Crippen LogP contribution in [-0.4, -0.2) is 78.6 Å². The number of carbonyl (C=O) groups is 1. The number of ether oxygens (including phenoxy) is 6. The molecule has 32 heavy (non-hydrogen) atoms. The third-order valence-corrected chi connectivity index (χ3v) is 4.77. The number of carbonyl (C=O) groups excluding carboxylic acids is 1. The second-order valence-electron chi connectivity index (χ2n) is 7.62. The minimum Gasteiger partial charge on any atom is -0.460 e. The molecule has 0 rings (SSSR count). The zero-order valence-electron chi connectivity index (χ0n) is 20.5. The molecule has 0 fully saturated rings. The monoisotopic (exact) mass is 460 g/mol. The molecule has 0 atom stereocenters. The van der Waals surface area contributed by atoms with Crippen molar-refractivity contribution in [1.29, 1.82) is 0 Å². The second kappa shape index (κ2) is 28.0. The third-order valence-electron chi connectivity index (χ3n) is 4.77. The molecule has 0 amide bonds. The van der Waals surface area contributed by atoms with E-state index in [-0.39, 0.29) is 6.61 Å². The molecule has 0 aliphatic rings. The van der Waals surface area contributed by atoms with E-state index in [0.717, 1.165) is 19.1 Å². The largest absolute Gasteiger partial charge is 0.460 e. The Morgan fingerprint density at radius 2 is 0.875 bits per heavy atom. The molecule has 0 bridgehead atoms. The SMILES string of the molecule is C=CC(=O)OCCOCCOCCOCCOCCOCCCCCCCCCCCC. The van der Waals surface area contributed by atoms with Gasteiger partial charge in [-0.1, -0.05) is 71.3 Å². The van der Waals surface area contributed by atoms with Crippen LogP contribution in [-0.2, 0) is 33.2 Å². The summed E-state index contributed by atoms with van der Waals surface area (Å²) in [5.41, 5.74) is 0. The van der Waals surface area contributed by atoms with Crippen molar-refractivity contribution in [2.45, 2.75) is 71.1 Å². The zero-order chi connectivity index (χ0) is 23.4. The quantitative estimate of drug-likeness (QED) is 0.0997. The predicted molar refractivity (Wildman–Crippen MR) is 127 cm³/mol. The molecule has 0 aliphatic heterocycles. The Kier molecular flexibility index (Phi) is 27.2. The number of unbranched alkanes of at least 4 members (excludes halogenated alkanes) is 9. The lowest BCUT2D eigenvalue weighted by molar-refractivity contribution is -0.139. The molecule has 0 heterocycles. The maximum absolute atomic E-state index is 10.8. The maximum atomic E-state index is 10.8. The van der Waals surface area contributed by atoms with Crippen LogP contribution in [0.15, 0.2) is 12.7 Å². The second-order valence-corrected chi connectivity index (χ2v) is 7.62. The summed E-state index contributed by atoms with van der Waals surface area (Å²) >= 11 is 0. The van der Waals surface area contributed by atoms with Gasteiger partial charge in [-0.25, -0.2) is 4.79 Å². The molecule has 0 saturated heterocycles. The van der Waals surface area contributed by atoms with Crippen molar-refractivity contribution in [2.75, 3.05) is 72.7 Å². The van der Waals surface area contributed by atoms with Crippen LogP contribution in [0.4, 0.5) is 0 Å². The normalized spacial score (nSPS) is 11.0. The molecule has 0 N–H and O–H groups in total. The van der Waals surface area contributed by atoms with Crippen LogP contribution in [0.1, 0.15) is 71.1 Å². The van der Waals surface area contributed by atoms with Crippen molar-refractivity contribution in [1.82, 2.24) is 0 Å². The first-order chi connectivity index (χ1) is 15.8. The summed E-state index contributed by atoms with van der Waals surface area (Å²) in [5.74, 6) is -0.442. The summed E-state index contributed by atoms with van der Waals surface area (Å²) in [6.45, 7) is 11.3. The fourth-order valence-corrected chi connectivity index (χ4v) is 2.93. The van der Waals surface area contributed by atoms with E-state index in [1.54, 1.807) is 0 Å². The topological polar surface area (TPSA) is 72.5 Å². The summed E-state index contributed by atoms with van der Waals surface area (Å²) in [6.07, 6.45) is 14.5. The first-order valence-corrected chi connectivity index (χ1v) is 12.5. The van der Waals surface area contributed by atoms with Crippen LogP contribution in [0.5, 0.6) is 0 Å². The van der Waals surface area contributed by atoms with Crippen molar-refractivity contribution < 1.29 is 33.2 Å². The molecule has 0 aliphatic carbocycles. The molecule has 0 saturated carbocycles. The van der Waals surface area contributed by atoms with Gasteiger partial charge in [0.2, 0.25) is 0 Å². The van der Waals surface area contributed by atoms with E-state index in [0.29, 0.717) is 59.5 Å². The summed E-state index contributed by atoms with van der Waals surface area (Å²) in [6, 6.07) is 0. The summed E-state index contributed by atoms with van der Waals surface area (Å²) in [4.78, 5) is 10.8. The van der Waals surface area contributed by atoms with E-state index < -0.39 is 5.97 Å².